The van der Waals surface area contributed by atoms with Crippen molar-refractivity contribution in [1.29, 1.82) is 0 Å². The summed E-state index contributed by atoms with van der Waals surface area (Å²) < 4.78 is 10.1. The Balaban J connectivity index is 2.44. The normalized spacial score (nSPS) is 12.4. The summed E-state index contributed by atoms with van der Waals surface area (Å²) in [6, 6.07) is 5.58. The number of benzene rings is 1. The molecule has 1 atom stereocenters. The van der Waals surface area contributed by atoms with Gasteiger partial charge in [0.1, 0.15) is 17.4 Å². The largest absolute Gasteiger partial charge is 0.425 e. The van der Waals surface area contributed by atoms with E-state index in [0.29, 0.717) is 11.3 Å². The minimum absolute atomic E-state index is 0.304. The van der Waals surface area contributed by atoms with Crippen LogP contribution in [0, 0.1) is 6.92 Å². The van der Waals surface area contributed by atoms with Gasteiger partial charge >= 0.3 is 11.6 Å². The maximum absolute atomic E-state index is 11.3. The number of carbonyl (C=O) groups is 1. The Hall–Kier alpha value is -2.14. The summed E-state index contributed by atoms with van der Waals surface area (Å²) in [5.41, 5.74) is 6.16. The smallest absolute Gasteiger partial charge is 0.336 e. The van der Waals surface area contributed by atoms with Gasteiger partial charge in [0.05, 0.1) is 0 Å². The molecule has 5 nitrogen and oxygen atoms in total. The molecule has 0 amide bonds. The van der Waals surface area contributed by atoms with Gasteiger partial charge in [-0.25, -0.2) is 9.59 Å². The first kappa shape index (κ1) is 12.3. The Kier molecular flexibility index (Phi) is 3.16. The molecule has 0 radical (unpaired) electrons. The third-order valence-electron chi connectivity index (χ3n) is 2.51. The fourth-order valence-electron chi connectivity index (χ4n) is 1.58. The third-order valence-corrected chi connectivity index (χ3v) is 2.51. The van der Waals surface area contributed by atoms with Gasteiger partial charge < -0.3 is 14.9 Å². The number of ether oxygens (including phenoxy) is 1. The highest BCUT2D eigenvalue weighted by molar-refractivity contribution is 5.83. The third kappa shape index (κ3) is 2.41. The zero-order valence-corrected chi connectivity index (χ0v) is 10.1. The van der Waals surface area contributed by atoms with E-state index in [9.17, 15) is 9.59 Å². The van der Waals surface area contributed by atoms with Gasteiger partial charge in [0.2, 0.25) is 0 Å². The second-order valence-corrected chi connectivity index (χ2v) is 4.12. The molecule has 18 heavy (non-hydrogen) atoms. The number of carbonyl (C=O) groups excluding carboxylic acids is 1. The van der Waals surface area contributed by atoms with E-state index in [-0.39, 0.29) is 0 Å². The molecule has 1 aromatic heterocycles. The minimum Gasteiger partial charge on any atom is -0.425 e. The Morgan fingerprint density at radius 2 is 2.11 bits per heavy atom. The van der Waals surface area contributed by atoms with Crippen molar-refractivity contribution in [2.45, 2.75) is 19.9 Å². The lowest BCUT2D eigenvalue weighted by Gasteiger charge is -2.07. The number of esters is 1. The van der Waals surface area contributed by atoms with E-state index in [2.05, 4.69) is 0 Å². The summed E-state index contributed by atoms with van der Waals surface area (Å²) in [6.45, 7) is 3.35. The molecule has 0 saturated carbocycles. The lowest BCUT2D eigenvalue weighted by atomic mass is 10.1. The molecule has 2 rings (SSSR count). The predicted octanol–water partition coefficient (Wildman–Crippen LogP) is 1.35. The number of fused-ring (bicyclic) bond motifs is 1. The number of aryl methyl sites for hydroxylation is 1. The van der Waals surface area contributed by atoms with E-state index in [0.717, 1.165) is 10.9 Å². The average Bonchev–Trinajstić information content (AvgIpc) is 2.27. The standard InChI is InChI=1S/C13H13NO4/c1-7-5-12(15)18-11-6-9(3-4-10(7)11)17-13(16)8(2)14/h3-6,8H,14H2,1-2H3/t8-/m0/s1. The molecule has 0 aliphatic carbocycles. The van der Waals surface area contributed by atoms with Crippen LogP contribution in [0.15, 0.2) is 33.5 Å². The Morgan fingerprint density at radius 1 is 1.39 bits per heavy atom. The van der Waals surface area contributed by atoms with Crippen LogP contribution in [-0.2, 0) is 4.79 Å². The molecular weight excluding hydrogens is 234 g/mol. The quantitative estimate of drug-likeness (QED) is 0.492. The maximum atomic E-state index is 11.3. The second kappa shape index (κ2) is 4.62. The number of hydrogen-bond donors (Lipinski definition) is 1. The van der Waals surface area contributed by atoms with Crippen molar-refractivity contribution in [2.24, 2.45) is 5.73 Å². The van der Waals surface area contributed by atoms with Crippen molar-refractivity contribution >= 4 is 16.9 Å². The molecule has 5 heteroatoms. The summed E-state index contributed by atoms with van der Waals surface area (Å²) in [6.07, 6.45) is 0. The van der Waals surface area contributed by atoms with Crippen molar-refractivity contribution in [2.75, 3.05) is 0 Å². The van der Waals surface area contributed by atoms with E-state index in [1.807, 2.05) is 6.92 Å². The zero-order valence-electron chi connectivity index (χ0n) is 10.1. The molecule has 94 valence electrons. The first-order chi connectivity index (χ1) is 8.47. The first-order valence-electron chi connectivity index (χ1n) is 5.49. The van der Waals surface area contributed by atoms with E-state index >= 15 is 0 Å². The van der Waals surface area contributed by atoms with Crippen LogP contribution in [-0.4, -0.2) is 12.0 Å². The lowest BCUT2D eigenvalue weighted by molar-refractivity contribution is -0.135. The highest BCUT2D eigenvalue weighted by Crippen LogP contribution is 2.22. The number of nitrogens with two attached hydrogens (primary N) is 1. The van der Waals surface area contributed by atoms with Crippen molar-refractivity contribution in [3.63, 3.8) is 0 Å². The number of hydrogen-bond acceptors (Lipinski definition) is 5. The molecule has 0 aliphatic heterocycles. The van der Waals surface area contributed by atoms with Crippen molar-refractivity contribution in [3.8, 4) is 5.75 Å². The van der Waals surface area contributed by atoms with Crippen LogP contribution in [0.2, 0.25) is 0 Å². The van der Waals surface area contributed by atoms with Crippen LogP contribution < -0.4 is 16.1 Å². The molecule has 0 bridgehead atoms. The fourth-order valence-corrected chi connectivity index (χ4v) is 1.58. The van der Waals surface area contributed by atoms with E-state index < -0.39 is 17.6 Å². The van der Waals surface area contributed by atoms with Crippen LogP contribution >= 0.6 is 0 Å². The second-order valence-electron chi connectivity index (χ2n) is 4.12. The van der Waals surface area contributed by atoms with Gasteiger partial charge in [0.15, 0.2) is 0 Å². The molecule has 0 unspecified atom stereocenters. The average molecular weight is 247 g/mol. The SMILES string of the molecule is Cc1cc(=O)oc2cc(OC(=O)[C@H](C)N)ccc12. The summed E-state index contributed by atoms with van der Waals surface area (Å²) in [4.78, 5) is 22.6. The fraction of sp³-hybridized carbons (Fsp3) is 0.231. The molecule has 1 aromatic carbocycles. The van der Waals surface area contributed by atoms with Gasteiger partial charge in [0.25, 0.3) is 0 Å². The minimum atomic E-state index is -0.704. The van der Waals surface area contributed by atoms with Crippen LogP contribution in [0.25, 0.3) is 11.0 Å². The Bertz CT molecular complexity index is 658. The van der Waals surface area contributed by atoms with Gasteiger partial charge in [-0.3, -0.25) is 0 Å². The molecule has 0 spiro atoms. The molecule has 2 N–H and O–H groups in total. The molecule has 0 saturated heterocycles. The van der Waals surface area contributed by atoms with Crippen molar-refractivity contribution in [3.05, 3.63) is 40.2 Å². The van der Waals surface area contributed by atoms with Crippen molar-refractivity contribution < 1.29 is 13.9 Å². The lowest BCUT2D eigenvalue weighted by Crippen LogP contribution is -2.30. The molecule has 1 heterocycles. The summed E-state index contributed by atoms with van der Waals surface area (Å²) in [5.74, 6) is -0.233. The van der Waals surface area contributed by atoms with Crippen LogP contribution in [0.4, 0.5) is 0 Å². The van der Waals surface area contributed by atoms with Gasteiger partial charge in [-0.15, -0.1) is 0 Å². The Morgan fingerprint density at radius 3 is 2.78 bits per heavy atom. The summed E-state index contributed by atoms with van der Waals surface area (Å²) >= 11 is 0. The maximum Gasteiger partial charge on any atom is 0.336 e. The van der Waals surface area contributed by atoms with Crippen LogP contribution in [0.1, 0.15) is 12.5 Å². The predicted molar refractivity (Wildman–Crippen MR) is 66.5 cm³/mol. The van der Waals surface area contributed by atoms with Gasteiger partial charge in [0, 0.05) is 17.5 Å². The first-order valence-corrected chi connectivity index (χ1v) is 5.49. The Labute approximate surface area is 103 Å². The summed E-state index contributed by atoms with van der Waals surface area (Å²) in [7, 11) is 0. The van der Waals surface area contributed by atoms with Crippen LogP contribution in [0.5, 0.6) is 5.75 Å². The molecule has 2 aromatic rings. The van der Waals surface area contributed by atoms with Gasteiger partial charge in [-0.2, -0.15) is 0 Å². The molecule has 0 fully saturated rings. The van der Waals surface area contributed by atoms with Gasteiger partial charge in [-0.05, 0) is 31.5 Å². The van der Waals surface area contributed by atoms with E-state index in [1.54, 1.807) is 12.1 Å². The molecule has 0 aliphatic rings. The van der Waals surface area contributed by atoms with E-state index in [1.165, 1.54) is 19.1 Å². The highest BCUT2D eigenvalue weighted by atomic mass is 16.5. The highest BCUT2D eigenvalue weighted by Gasteiger charge is 2.11. The topological polar surface area (TPSA) is 82.5 Å². The van der Waals surface area contributed by atoms with E-state index in [4.69, 9.17) is 14.9 Å². The van der Waals surface area contributed by atoms with Crippen molar-refractivity contribution in [1.82, 2.24) is 0 Å². The van der Waals surface area contributed by atoms with Crippen LogP contribution in [0.3, 0.4) is 0 Å². The zero-order chi connectivity index (χ0) is 13.3. The molecular formula is C13H13NO4. The number of rotatable bonds is 2. The monoisotopic (exact) mass is 247 g/mol. The summed E-state index contributed by atoms with van der Waals surface area (Å²) in [5, 5.41) is 0.801. The van der Waals surface area contributed by atoms with Gasteiger partial charge in [-0.1, -0.05) is 0 Å².